The second-order valence-corrected chi connectivity index (χ2v) is 5.87. The van der Waals surface area contributed by atoms with Gasteiger partial charge in [0.2, 0.25) is 0 Å². The van der Waals surface area contributed by atoms with Crippen molar-refractivity contribution in [2.24, 2.45) is 0 Å². The zero-order valence-electron chi connectivity index (χ0n) is 12.6. The van der Waals surface area contributed by atoms with Crippen LogP contribution in [0.25, 0.3) is 0 Å². The first-order valence-electron chi connectivity index (χ1n) is 7.04. The maximum Gasteiger partial charge on any atom is 0.339 e. The van der Waals surface area contributed by atoms with Crippen molar-refractivity contribution >= 4 is 29.4 Å². The molecule has 0 spiro atoms. The fraction of sp³-hybridized carbons (Fsp3) is 0.176. The normalized spacial score (nSPS) is 10.1. The van der Waals surface area contributed by atoms with E-state index in [4.69, 9.17) is 4.74 Å². The van der Waals surface area contributed by atoms with E-state index in [0.29, 0.717) is 12.2 Å². The molecule has 0 radical (unpaired) electrons. The van der Waals surface area contributed by atoms with E-state index in [1.807, 2.05) is 30.3 Å². The van der Waals surface area contributed by atoms with Gasteiger partial charge in [-0.1, -0.05) is 18.2 Å². The van der Waals surface area contributed by atoms with E-state index >= 15 is 0 Å². The van der Waals surface area contributed by atoms with Crippen molar-refractivity contribution in [3.8, 4) is 5.75 Å². The largest absolute Gasteiger partial charge is 0.478 e. The zero-order chi connectivity index (χ0) is 16.7. The van der Waals surface area contributed by atoms with Gasteiger partial charge in [0.05, 0.1) is 0 Å². The molecule has 0 aromatic heterocycles. The van der Waals surface area contributed by atoms with Gasteiger partial charge in [-0.3, -0.25) is 4.79 Å². The topological polar surface area (TPSA) is 75.6 Å². The Morgan fingerprint density at radius 2 is 1.91 bits per heavy atom. The Hall–Kier alpha value is -2.47. The van der Waals surface area contributed by atoms with E-state index in [1.54, 1.807) is 17.8 Å². The number of carbonyl (C=O) groups excluding carboxylic acids is 1. The molecule has 0 atom stereocenters. The summed E-state index contributed by atoms with van der Waals surface area (Å²) >= 11 is 1.71. The Labute approximate surface area is 138 Å². The molecule has 0 aliphatic carbocycles. The highest BCUT2D eigenvalue weighted by atomic mass is 32.2. The first-order valence-corrected chi connectivity index (χ1v) is 8.02. The molecular formula is C17H17NO4S. The molecule has 0 saturated heterocycles. The maximum absolute atomic E-state index is 11.2. The van der Waals surface area contributed by atoms with Crippen molar-refractivity contribution in [3.05, 3.63) is 54.1 Å². The molecule has 2 rings (SSSR count). The average molecular weight is 331 g/mol. The fourth-order valence-corrected chi connectivity index (χ4v) is 2.72. The van der Waals surface area contributed by atoms with Gasteiger partial charge >= 0.3 is 11.9 Å². The Morgan fingerprint density at radius 1 is 1.17 bits per heavy atom. The van der Waals surface area contributed by atoms with Crippen LogP contribution < -0.4 is 10.1 Å². The summed E-state index contributed by atoms with van der Waals surface area (Å²) in [5.74, 6) is -0.789. The van der Waals surface area contributed by atoms with Crippen LogP contribution in [0.5, 0.6) is 5.75 Å². The van der Waals surface area contributed by atoms with Crippen molar-refractivity contribution in [2.45, 2.75) is 11.8 Å². The Balaban J connectivity index is 1.93. The number of rotatable bonds is 7. The van der Waals surface area contributed by atoms with Crippen LogP contribution in [0.1, 0.15) is 17.3 Å². The predicted molar refractivity (Wildman–Crippen MR) is 90.4 cm³/mol. The molecule has 0 aliphatic heterocycles. The van der Waals surface area contributed by atoms with E-state index in [2.05, 4.69) is 5.32 Å². The van der Waals surface area contributed by atoms with Crippen LogP contribution in [0, 0.1) is 0 Å². The third-order valence-electron chi connectivity index (χ3n) is 2.91. The van der Waals surface area contributed by atoms with Crippen molar-refractivity contribution in [2.75, 3.05) is 17.6 Å². The minimum Gasteiger partial charge on any atom is -0.478 e. The van der Waals surface area contributed by atoms with Crippen LogP contribution in [0.2, 0.25) is 0 Å². The number of aromatic carboxylic acids is 1. The number of hydrogen-bond donors (Lipinski definition) is 2. The molecule has 0 bridgehead atoms. The second kappa shape index (κ2) is 8.24. The molecule has 0 amide bonds. The second-order valence-electron chi connectivity index (χ2n) is 4.70. The number of carboxylic acids is 1. The third-order valence-corrected chi connectivity index (χ3v) is 3.92. The number of hydrogen-bond acceptors (Lipinski definition) is 5. The van der Waals surface area contributed by atoms with Crippen molar-refractivity contribution in [3.63, 3.8) is 0 Å². The lowest BCUT2D eigenvalue weighted by Gasteiger charge is -2.10. The van der Waals surface area contributed by atoms with Gasteiger partial charge < -0.3 is 15.2 Å². The van der Waals surface area contributed by atoms with E-state index in [1.165, 1.54) is 24.0 Å². The summed E-state index contributed by atoms with van der Waals surface area (Å²) in [6.07, 6.45) is 0. The molecule has 0 heterocycles. The highest BCUT2D eigenvalue weighted by Gasteiger charge is 2.13. The first kappa shape index (κ1) is 16.9. The number of thioether (sulfide) groups is 1. The van der Waals surface area contributed by atoms with Gasteiger partial charge in [0.25, 0.3) is 0 Å². The van der Waals surface area contributed by atoms with Gasteiger partial charge in [-0.25, -0.2) is 4.79 Å². The van der Waals surface area contributed by atoms with Crippen LogP contribution >= 0.6 is 11.8 Å². The number of nitrogens with one attached hydrogen (secondary N) is 1. The average Bonchev–Trinajstić information content (AvgIpc) is 2.53. The van der Waals surface area contributed by atoms with Crippen molar-refractivity contribution in [1.82, 2.24) is 0 Å². The third kappa shape index (κ3) is 5.34. The van der Waals surface area contributed by atoms with Crippen LogP contribution in [-0.2, 0) is 4.79 Å². The molecule has 0 saturated carbocycles. The van der Waals surface area contributed by atoms with Crippen LogP contribution in [0.4, 0.5) is 5.69 Å². The molecule has 2 N–H and O–H groups in total. The standard InChI is InChI=1S/C17H17NO4S/c1-12(19)22-16-8-7-13(11-15(16)17(20)21)18-9-10-23-14-5-3-2-4-6-14/h2-8,11,18H,9-10H2,1H3,(H,20,21). The number of ether oxygens (including phenoxy) is 1. The zero-order valence-corrected chi connectivity index (χ0v) is 13.4. The Kier molecular flexibility index (Phi) is 6.05. The number of anilines is 1. The van der Waals surface area contributed by atoms with Gasteiger partial charge in [-0.05, 0) is 30.3 Å². The summed E-state index contributed by atoms with van der Waals surface area (Å²) in [6.45, 7) is 1.92. The van der Waals surface area contributed by atoms with Crippen LogP contribution in [0.3, 0.4) is 0 Å². The molecule has 23 heavy (non-hydrogen) atoms. The van der Waals surface area contributed by atoms with Gasteiger partial charge in [0.1, 0.15) is 11.3 Å². The van der Waals surface area contributed by atoms with E-state index < -0.39 is 11.9 Å². The molecule has 120 valence electrons. The SMILES string of the molecule is CC(=O)Oc1ccc(NCCSc2ccccc2)cc1C(=O)O. The number of benzene rings is 2. The van der Waals surface area contributed by atoms with Gasteiger partial charge in [-0.2, -0.15) is 0 Å². The molecule has 5 nitrogen and oxygen atoms in total. The highest BCUT2D eigenvalue weighted by Crippen LogP contribution is 2.23. The summed E-state index contributed by atoms with van der Waals surface area (Å²) < 4.78 is 4.89. The molecule has 0 unspecified atom stereocenters. The Bertz CT molecular complexity index is 688. The van der Waals surface area contributed by atoms with E-state index in [9.17, 15) is 14.7 Å². The first-order chi connectivity index (χ1) is 11.1. The highest BCUT2D eigenvalue weighted by molar-refractivity contribution is 7.99. The Morgan fingerprint density at radius 3 is 2.57 bits per heavy atom. The van der Waals surface area contributed by atoms with Crippen molar-refractivity contribution < 1.29 is 19.4 Å². The lowest BCUT2D eigenvalue weighted by molar-refractivity contribution is -0.131. The molecule has 6 heteroatoms. The summed E-state index contributed by atoms with van der Waals surface area (Å²) in [7, 11) is 0. The molecule has 2 aromatic rings. The van der Waals surface area contributed by atoms with Crippen molar-refractivity contribution in [1.29, 1.82) is 0 Å². The number of esters is 1. The minimum absolute atomic E-state index is 0.0408. The van der Waals surface area contributed by atoms with Gasteiger partial charge in [0.15, 0.2) is 0 Å². The maximum atomic E-state index is 11.2. The monoisotopic (exact) mass is 331 g/mol. The summed E-state index contributed by atoms with van der Waals surface area (Å²) in [5, 5.41) is 12.4. The molecule has 0 aliphatic rings. The summed E-state index contributed by atoms with van der Waals surface area (Å²) in [6, 6.07) is 14.7. The lowest BCUT2D eigenvalue weighted by Crippen LogP contribution is -2.09. The van der Waals surface area contributed by atoms with E-state index in [-0.39, 0.29) is 11.3 Å². The number of carbonyl (C=O) groups is 2. The van der Waals surface area contributed by atoms with Crippen LogP contribution in [-0.4, -0.2) is 29.3 Å². The van der Waals surface area contributed by atoms with E-state index in [0.717, 1.165) is 5.75 Å². The van der Waals surface area contributed by atoms with Crippen LogP contribution in [0.15, 0.2) is 53.4 Å². The van der Waals surface area contributed by atoms with Gasteiger partial charge in [0, 0.05) is 29.8 Å². The minimum atomic E-state index is -1.14. The summed E-state index contributed by atoms with van der Waals surface area (Å²) in [4.78, 5) is 23.4. The predicted octanol–water partition coefficient (Wildman–Crippen LogP) is 3.51. The fourth-order valence-electron chi connectivity index (χ4n) is 1.93. The lowest BCUT2D eigenvalue weighted by atomic mass is 10.1. The quantitative estimate of drug-likeness (QED) is 0.350. The molecular weight excluding hydrogens is 314 g/mol. The molecule has 2 aromatic carbocycles. The smallest absolute Gasteiger partial charge is 0.339 e. The molecule has 0 fully saturated rings. The van der Waals surface area contributed by atoms with Gasteiger partial charge in [-0.15, -0.1) is 11.8 Å². The summed E-state index contributed by atoms with van der Waals surface area (Å²) in [5.41, 5.74) is 0.632. The number of carboxylic acid groups (broad SMARTS) is 1.